The van der Waals surface area contributed by atoms with E-state index < -0.39 is 15.6 Å². The van der Waals surface area contributed by atoms with Crippen molar-refractivity contribution in [3.63, 3.8) is 0 Å². The molecule has 0 aliphatic heterocycles. The standard InChI is InChI=1S/C9H16N2O4S/c1-7-4-8(11-15-7)5-16(13,14)10-6-9(2,3)12/h4,10,12H,5-6H2,1-3H3. The van der Waals surface area contributed by atoms with Gasteiger partial charge in [0.25, 0.3) is 0 Å². The Balaban J connectivity index is 2.59. The first-order chi connectivity index (χ1) is 7.18. The minimum Gasteiger partial charge on any atom is -0.389 e. The molecule has 0 aromatic carbocycles. The Bertz CT molecular complexity index is 444. The van der Waals surface area contributed by atoms with Gasteiger partial charge in [0.2, 0.25) is 10.0 Å². The summed E-state index contributed by atoms with van der Waals surface area (Å²) in [5.74, 6) is 0.313. The van der Waals surface area contributed by atoms with Crippen LogP contribution in [-0.4, -0.2) is 30.8 Å². The van der Waals surface area contributed by atoms with Crippen molar-refractivity contribution in [3.8, 4) is 0 Å². The van der Waals surface area contributed by atoms with Crippen LogP contribution in [0.25, 0.3) is 0 Å². The quantitative estimate of drug-likeness (QED) is 0.775. The highest BCUT2D eigenvalue weighted by atomic mass is 32.2. The minimum absolute atomic E-state index is 0.0355. The van der Waals surface area contributed by atoms with Gasteiger partial charge in [-0.3, -0.25) is 0 Å². The highest BCUT2D eigenvalue weighted by Crippen LogP contribution is 2.06. The van der Waals surface area contributed by atoms with Crippen LogP contribution in [0.15, 0.2) is 10.6 Å². The molecule has 0 saturated heterocycles. The van der Waals surface area contributed by atoms with Gasteiger partial charge in [-0.15, -0.1) is 0 Å². The third-order valence-corrected chi connectivity index (χ3v) is 3.00. The molecule has 0 aliphatic carbocycles. The van der Waals surface area contributed by atoms with Crippen molar-refractivity contribution in [1.29, 1.82) is 0 Å². The summed E-state index contributed by atoms with van der Waals surface area (Å²) >= 11 is 0. The zero-order chi connectivity index (χ0) is 12.4. The summed E-state index contributed by atoms with van der Waals surface area (Å²) in [6.45, 7) is 4.70. The molecular weight excluding hydrogens is 232 g/mol. The monoisotopic (exact) mass is 248 g/mol. The lowest BCUT2D eigenvalue weighted by molar-refractivity contribution is 0.0857. The third-order valence-electron chi connectivity index (χ3n) is 1.74. The van der Waals surface area contributed by atoms with Crippen molar-refractivity contribution in [2.45, 2.75) is 32.1 Å². The first-order valence-electron chi connectivity index (χ1n) is 4.80. The molecule has 0 fully saturated rings. The molecule has 0 spiro atoms. The van der Waals surface area contributed by atoms with E-state index in [1.807, 2.05) is 0 Å². The number of hydrogen-bond acceptors (Lipinski definition) is 5. The zero-order valence-electron chi connectivity index (χ0n) is 9.52. The van der Waals surface area contributed by atoms with Crippen LogP contribution in [0.2, 0.25) is 0 Å². The maximum atomic E-state index is 11.6. The normalized spacial score (nSPS) is 13.0. The van der Waals surface area contributed by atoms with Crippen molar-refractivity contribution in [3.05, 3.63) is 17.5 Å². The zero-order valence-corrected chi connectivity index (χ0v) is 10.3. The van der Waals surface area contributed by atoms with E-state index in [1.54, 1.807) is 13.0 Å². The molecule has 0 atom stereocenters. The lowest BCUT2D eigenvalue weighted by atomic mass is 10.1. The van der Waals surface area contributed by atoms with Crippen LogP contribution >= 0.6 is 0 Å². The molecule has 6 nitrogen and oxygen atoms in total. The van der Waals surface area contributed by atoms with Gasteiger partial charge >= 0.3 is 0 Å². The number of aryl methyl sites for hydroxylation is 1. The van der Waals surface area contributed by atoms with Crippen molar-refractivity contribution >= 4 is 10.0 Å². The first-order valence-corrected chi connectivity index (χ1v) is 6.45. The van der Waals surface area contributed by atoms with Crippen LogP contribution in [0.3, 0.4) is 0 Å². The third kappa shape index (κ3) is 4.73. The van der Waals surface area contributed by atoms with Crippen LogP contribution in [0.4, 0.5) is 0 Å². The smallest absolute Gasteiger partial charge is 0.217 e. The molecule has 1 aromatic heterocycles. The summed E-state index contributed by atoms with van der Waals surface area (Å²) in [6, 6.07) is 1.56. The van der Waals surface area contributed by atoms with E-state index in [2.05, 4.69) is 9.88 Å². The molecule has 2 N–H and O–H groups in total. The molecule has 7 heteroatoms. The van der Waals surface area contributed by atoms with Crippen molar-refractivity contribution in [2.24, 2.45) is 0 Å². The Morgan fingerprint density at radius 3 is 2.62 bits per heavy atom. The van der Waals surface area contributed by atoms with Gasteiger partial charge in [0.1, 0.15) is 17.2 Å². The SMILES string of the molecule is Cc1cc(CS(=O)(=O)NCC(C)(C)O)no1. The summed E-state index contributed by atoms with van der Waals surface area (Å²) < 4.78 is 30.2. The lowest BCUT2D eigenvalue weighted by Crippen LogP contribution is -2.38. The van der Waals surface area contributed by atoms with Crippen LogP contribution < -0.4 is 4.72 Å². The van der Waals surface area contributed by atoms with Gasteiger partial charge in [0.05, 0.1) is 5.60 Å². The minimum atomic E-state index is -3.49. The van der Waals surface area contributed by atoms with Crippen LogP contribution in [-0.2, 0) is 15.8 Å². The maximum absolute atomic E-state index is 11.6. The van der Waals surface area contributed by atoms with E-state index in [1.165, 1.54) is 13.8 Å². The summed E-state index contributed by atoms with van der Waals surface area (Å²) in [5, 5.41) is 13.0. The number of nitrogens with one attached hydrogen (secondary N) is 1. The molecule has 1 heterocycles. The van der Waals surface area contributed by atoms with E-state index in [0.29, 0.717) is 11.5 Å². The molecule has 92 valence electrons. The Kier molecular flexibility index (Phi) is 3.72. The van der Waals surface area contributed by atoms with E-state index >= 15 is 0 Å². The van der Waals surface area contributed by atoms with Gasteiger partial charge < -0.3 is 9.63 Å². The number of hydrogen-bond donors (Lipinski definition) is 2. The molecule has 0 saturated carbocycles. The van der Waals surface area contributed by atoms with Crippen molar-refractivity contribution in [1.82, 2.24) is 9.88 Å². The highest BCUT2D eigenvalue weighted by Gasteiger charge is 2.19. The van der Waals surface area contributed by atoms with Crippen LogP contribution in [0.1, 0.15) is 25.3 Å². The van der Waals surface area contributed by atoms with Gasteiger partial charge in [-0.1, -0.05) is 5.16 Å². The van der Waals surface area contributed by atoms with Crippen LogP contribution in [0, 0.1) is 6.92 Å². The second-order valence-electron chi connectivity index (χ2n) is 4.32. The number of nitrogens with zero attached hydrogens (tertiary/aromatic N) is 1. The van der Waals surface area contributed by atoms with Crippen molar-refractivity contribution < 1.29 is 18.0 Å². The molecule has 0 bridgehead atoms. The van der Waals surface area contributed by atoms with Crippen LogP contribution in [0.5, 0.6) is 0 Å². The highest BCUT2D eigenvalue weighted by molar-refractivity contribution is 7.88. The Labute approximate surface area is 94.7 Å². The van der Waals surface area contributed by atoms with Gasteiger partial charge in [-0.2, -0.15) is 0 Å². The average Bonchev–Trinajstić information content (AvgIpc) is 2.46. The van der Waals surface area contributed by atoms with Crippen molar-refractivity contribution in [2.75, 3.05) is 6.54 Å². The molecule has 0 aliphatic rings. The Hall–Kier alpha value is -0.920. The van der Waals surface area contributed by atoms with Gasteiger partial charge in [0, 0.05) is 12.6 Å². The summed E-state index contributed by atoms with van der Waals surface area (Å²) in [6.07, 6.45) is 0. The predicted molar refractivity (Wildman–Crippen MR) is 58.2 cm³/mol. The molecule has 16 heavy (non-hydrogen) atoms. The summed E-state index contributed by atoms with van der Waals surface area (Å²) in [5.41, 5.74) is -0.729. The lowest BCUT2D eigenvalue weighted by Gasteiger charge is -2.17. The van der Waals surface area contributed by atoms with E-state index in [9.17, 15) is 13.5 Å². The second-order valence-corrected chi connectivity index (χ2v) is 6.13. The Morgan fingerprint density at radius 1 is 1.56 bits per heavy atom. The Morgan fingerprint density at radius 2 is 2.19 bits per heavy atom. The molecule has 0 amide bonds. The summed E-state index contributed by atoms with van der Waals surface area (Å²) in [7, 11) is -3.49. The van der Waals surface area contributed by atoms with Gasteiger partial charge in [-0.05, 0) is 20.8 Å². The first kappa shape index (κ1) is 13.1. The maximum Gasteiger partial charge on any atom is 0.217 e. The fourth-order valence-corrected chi connectivity index (χ4v) is 2.22. The van der Waals surface area contributed by atoms with Gasteiger partial charge in [0.15, 0.2) is 0 Å². The molecule has 1 aromatic rings. The van der Waals surface area contributed by atoms with E-state index in [-0.39, 0.29) is 12.3 Å². The van der Waals surface area contributed by atoms with Gasteiger partial charge in [-0.25, -0.2) is 13.1 Å². The summed E-state index contributed by atoms with van der Waals surface area (Å²) in [4.78, 5) is 0. The fourth-order valence-electron chi connectivity index (χ4n) is 1.02. The molecule has 0 radical (unpaired) electrons. The fraction of sp³-hybridized carbons (Fsp3) is 0.667. The second kappa shape index (κ2) is 4.52. The van der Waals surface area contributed by atoms with E-state index in [4.69, 9.17) is 4.52 Å². The topological polar surface area (TPSA) is 92.4 Å². The number of aromatic nitrogens is 1. The molecule has 1 rings (SSSR count). The average molecular weight is 248 g/mol. The molecule has 0 unspecified atom stereocenters. The number of sulfonamides is 1. The number of aliphatic hydroxyl groups is 1. The largest absolute Gasteiger partial charge is 0.389 e. The number of rotatable bonds is 5. The predicted octanol–water partition coefficient (Wildman–Crippen LogP) is 0.173. The van der Waals surface area contributed by atoms with E-state index in [0.717, 1.165) is 0 Å². The molecular formula is C9H16N2O4S.